The van der Waals surface area contributed by atoms with E-state index in [4.69, 9.17) is 33.1 Å². The fourth-order valence-corrected chi connectivity index (χ4v) is 3.92. The Kier molecular flexibility index (Phi) is 4.81. The molecule has 1 N–H and O–H groups in total. The van der Waals surface area contributed by atoms with Crippen LogP contribution in [0.5, 0.6) is 0 Å². The third-order valence-electron chi connectivity index (χ3n) is 5.01. The van der Waals surface area contributed by atoms with Gasteiger partial charge in [0.2, 0.25) is 0 Å². The highest BCUT2D eigenvalue weighted by molar-refractivity contribution is 6.35. The number of amidine groups is 1. The number of fused-ring (bicyclic) bond motifs is 1. The molecule has 3 heterocycles. The number of benzene rings is 1. The van der Waals surface area contributed by atoms with Gasteiger partial charge in [-0.2, -0.15) is 13.2 Å². The predicted octanol–water partition coefficient (Wildman–Crippen LogP) is 4.73. The molecule has 2 aliphatic rings. The Morgan fingerprint density at radius 2 is 1.80 bits per heavy atom. The molecule has 1 atom stereocenters. The first-order valence-electron chi connectivity index (χ1n) is 8.44. The summed E-state index contributed by atoms with van der Waals surface area (Å²) in [4.78, 5) is 21.3. The van der Waals surface area contributed by atoms with E-state index >= 15 is 0 Å². The number of carbonyl (C=O) groups is 1. The van der Waals surface area contributed by atoms with Crippen molar-refractivity contribution in [1.29, 1.82) is 0 Å². The zero-order valence-corrected chi connectivity index (χ0v) is 16.3. The molecule has 0 bridgehead atoms. The van der Waals surface area contributed by atoms with Crippen molar-refractivity contribution in [2.75, 3.05) is 0 Å². The lowest BCUT2D eigenvalue weighted by molar-refractivity contribution is -0.275. The monoisotopic (exact) mass is 463 g/mol. The number of nitrogens with zero attached hydrogens (tertiary/aromatic N) is 3. The molecule has 4 rings (SSSR count). The summed E-state index contributed by atoms with van der Waals surface area (Å²) in [5.74, 6) is -2.24. The molecule has 0 spiro atoms. The second-order valence-electron chi connectivity index (χ2n) is 6.85. The number of carboxylic acids is 1. The lowest BCUT2D eigenvalue weighted by Crippen LogP contribution is -2.44. The fraction of sp³-hybridized carbons (Fsp3) is 0.278. The Morgan fingerprint density at radius 3 is 2.40 bits per heavy atom. The van der Waals surface area contributed by atoms with Crippen molar-refractivity contribution in [3.8, 4) is 0 Å². The molecule has 0 radical (unpaired) electrons. The van der Waals surface area contributed by atoms with E-state index in [0.29, 0.717) is 11.1 Å². The average molecular weight is 464 g/mol. The molecule has 1 aromatic heterocycles. The summed E-state index contributed by atoms with van der Waals surface area (Å²) in [7, 11) is 0. The van der Waals surface area contributed by atoms with Gasteiger partial charge in [0.15, 0.2) is 5.82 Å². The molecule has 0 aliphatic carbocycles. The molecule has 0 saturated carbocycles. The molecule has 0 saturated heterocycles. The van der Waals surface area contributed by atoms with Gasteiger partial charge >= 0.3 is 12.1 Å². The van der Waals surface area contributed by atoms with E-state index in [1.807, 2.05) is 0 Å². The number of halogens is 6. The van der Waals surface area contributed by atoms with E-state index in [0.717, 1.165) is 12.1 Å². The van der Waals surface area contributed by atoms with Gasteiger partial charge in [-0.25, -0.2) is 14.2 Å². The minimum Gasteiger partial charge on any atom is -0.477 e. The van der Waals surface area contributed by atoms with E-state index in [1.54, 1.807) is 0 Å². The van der Waals surface area contributed by atoms with Crippen LogP contribution in [0.1, 0.15) is 33.6 Å². The van der Waals surface area contributed by atoms with E-state index in [2.05, 4.69) is 10.1 Å². The SMILES string of the molecule is O=C(O)c1cc2c(cn1)CN(C1=NOC(c3cc(Cl)c(F)c(Cl)c3)(C(F)(F)F)C1)C2. The van der Waals surface area contributed by atoms with Gasteiger partial charge in [0.25, 0.3) is 5.60 Å². The van der Waals surface area contributed by atoms with Crippen LogP contribution in [-0.4, -0.2) is 33.0 Å². The number of hydrogen-bond acceptors (Lipinski definition) is 5. The van der Waals surface area contributed by atoms with Crippen LogP contribution in [0.2, 0.25) is 10.0 Å². The summed E-state index contributed by atoms with van der Waals surface area (Å²) in [6.07, 6.45) is -4.24. The van der Waals surface area contributed by atoms with Crippen molar-refractivity contribution >= 4 is 35.0 Å². The molecule has 6 nitrogen and oxygen atoms in total. The first kappa shape index (κ1) is 20.7. The highest BCUT2D eigenvalue weighted by Crippen LogP contribution is 2.50. The van der Waals surface area contributed by atoms with E-state index in [1.165, 1.54) is 17.2 Å². The van der Waals surface area contributed by atoms with Gasteiger partial charge in [0.05, 0.1) is 16.5 Å². The van der Waals surface area contributed by atoms with Crippen molar-refractivity contribution < 1.29 is 32.3 Å². The largest absolute Gasteiger partial charge is 0.477 e. The summed E-state index contributed by atoms with van der Waals surface area (Å²) in [6.45, 7) is 0.322. The van der Waals surface area contributed by atoms with E-state index in [9.17, 15) is 22.4 Å². The van der Waals surface area contributed by atoms with Crippen molar-refractivity contribution in [3.63, 3.8) is 0 Å². The maximum absolute atomic E-state index is 14.1. The molecule has 158 valence electrons. The fourth-order valence-electron chi connectivity index (χ4n) is 3.43. The molecule has 2 aliphatic heterocycles. The summed E-state index contributed by atoms with van der Waals surface area (Å²) in [5, 5.41) is 11.6. The van der Waals surface area contributed by atoms with Crippen LogP contribution in [0.15, 0.2) is 29.6 Å². The number of aromatic nitrogens is 1. The predicted molar refractivity (Wildman–Crippen MR) is 97.7 cm³/mol. The van der Waals surface area contributed by atoms with Gasteiger partial charge in [-0.3, -0.25) is 0 Å². The first-order valence-corrected chi connectivity index (χ1v) is 9.20. The second-order valence-corrected chi connectivity index (χ2v) is 7.67. The Hall–Kier alpha value is -2.59. The molecule has 0 fully saturated rings. The van der Waals surface area contributed by atoms with Gasteiger partial charge in [0, 0.05) is 24.8 Å². The van der Waals surface area contributed by atoms with Crippen molar-refractivity contribution in [1.82, 2.24) is 9.88 Å². The number of aromatic carboxylic acids is 1. The van der Waals surface area contributed by atoms with Gasteiger partial charge in [0.1, 0.15) is 11.5 Å². The zero-order chi connectivity index (χ0) is 21.8. The standard InChI is InChI=1S/C18H11Cl2F4N3O3/c19-11-2-10(3-12(20)15(11)21)17(18(22,23)24)4-14(26-30-17)27-6-8-1-13(16(28)29)25-5-9(8)7-27/h1-3,5H,4,6-7H2,(H,28,29). The highest BCUT2D eigenvalue weighted by atomic mass is 35.5. The molecular weight excluding hydrogens is 453 g/mol. The minimum atomic E-state index is -4.91. The second kappa shape index (κ2) is 6.98. The van der Waals surface area contributed by atoms with Crippen molar-refractivity contribution in [2.45, 2.75) is 31.3 Å². The smallest absolute Gasteiger partial charge is 0.435 e. The van der Waals surface area contributed by atoms with Crippen LogP contribution in [0.25, 0.3) is 0 Å². The van der Waals surface area contributed by atoms with Crippen LogP contribution in [-0.2, 0) is 23.5 Å². The zero-order valence-electron chi connectivity index (χ0n) is 14.8. The average Bonchev–Trinajstić information content (AvgIpc) is 3.29. The molecule has 1 unspecified atom stereocenters. The third-order valence-corrected chi connectivity index (χ3v) is 5.56. The number of hydrogen-bond donors (Lipinski definition) is 1. The van der Waals surface area contributed by atoms with Gasteiger partial charge in [-0.15, -0.1) is 0 Å². The molecule has 12 heteroatoms. The molecule has 1 aromatic carbocycles. The summed E-state index contributed by atoms with van der Waals surface area (Å²) in [5.41, 5.74) is -2.25. The summed E-state index contributed by atoms with van der Waals surface area (Å²) < 4.78 is 55.9. The van der Waals surface area contributed by atoms with Crippen molar-refractivity contribution in [2.24, 2.45) is 5.16 Å². The van der Waals surface area contributed by atoms with Crippen LogP contribution in [0.3, 0.4) is 0 Å². The van der Waals surface area contributed by atoms with Gasteiger partial charge in [-0.1, -0.05) is 28.4 Å². The Bertz CT molecular complexity index is 1070. The van der Waals surface area contributed by atoms with Gasteiger partial charge in [-0.05, 0) is 29.3 Å². The lowest BCUT2D eigenvalue weighted by atomic mass is 9.89. The van der Waals surface area contributed by atoms with Crippen LogP contribution >= 0.6 is 23.2 Å². The number of alkyl halides is 3. The van der Waals surface area contributed by atoms with Crippen LogP contribution < -0.4 is 0 Å². The highest BCUT2D eigenvalue weighted by Gasteiger charge is 2.63. The normalized spacial score (nSPS) is 20.7. The van der Waals surface area contributed by atoms with Crippen molar-refractivity contribution in [3.05, 3.63) is 62.6 Å². The maximum Gasteiger partial charge on any atom is 0.435 e. The minimum absolute atomic E-state index is 0.00281. The lowest BCUT2D eigenvalue weighted by Gasteiger charge is -2.30. The Balaban J connectivity index is 1.64. The molecule has 30 heavy (non-hydrogen) atoms. The molecular formula is C18H11Cl2F4N3O3. The van der Waals surface area contributed by atoms with Crippen LogP contribution in [0, 0.1) is 5.82 Å². The third kappa shape index (κ3) is 3.24. The summed E-state index contributed by atoms with van der Waals surface area (Å²) in [6, 6.07) is 3.00. The van der Waals surface area contributed by atoms with E-state index < -0.39 is 45.6 Å². The number of rotatable bonds is 2. The first-order chi connectivity index (χ1) is 14.0. The molecule has 2 aromatic rings. The van der Waals surface area contributed by atoms with Gasteiger partial charge < -0.3 is 14.8 Å². The number of oxime groups is 1. The quantitative estimate of drug-likeness (QED) is 0.514. The number of pyridine rings is 1. The van der Waals surface area contributed by atoms with Crippen LogP contribution in [0.4, 0.5) is 17.6 Å². The summed E-state index contributed by atoms with van der Waals surface area (Å²) >= 11 is 11.4. The topological polar surface area (TPSA) is 75.0 Å². The van der Waals surface area contributed by atoms with E-state index in [-0.39, 0.29) is 24.6 Å². The number of carboxylic acid groups (broad SMARTS) is 1. The maximum atomic E-state index is 14.1. The molecule has 0 amide bonds. The Labute approximate surface area is 176 Å². The Morgan fingerprint density at radius 1 is 1.17 bits per heavy atom.